The molecule has 0 unspecified atom stereocenters. The van der Waals surface area contributed by atoms with Gasteiger partial charge < -0.3 is 9.47 Å². The quantitative estimate of drug-likeness (QED) is 0.226. The monoisotopic (exact) mass is 507 g/mol. The minimum absolute atomic E-state index is 0.0945. The maximum Gasteiger partial charge on any atom is 0.343 e. The van der Waals surface area contributed by atoms with Crippen LogP contribution < -0.4 is 9.46 Å². The lowest BCUT2D eigenvalue weighted by molar-refractivity contribution is -0.142. The SMILES string of the molecule is COC(=O)COc1ccc(SCCNS(=O)(=O)c2c(C(C)C)cc(C(C)C)cc2C(C)C)cc1. The second-order valence-corrected chi connectivity index (χ2v) is 11.9. The predicted octanol–water partition coefficient (Wildman–Crippen LogP) is 5.68. The van der Waals surface area contributed by atoms with Crippen LogP contribution in [0.1, 0.15) is 76.0 Å². The van der Waals surface area contributed by atoms with Crippen molar-refractivity contribution in [2.24, 2.45) is 0 Å². The van der Waals surface area contributed by atoms with E-state index in [1.54, 1.807) is 23.9 Å². The lowest BCUT2D eigenvalue weighted by atomic mass is 9.89. The lowest BCUT2D eigenvalue weighted by Gasteiger charge is -2.23. The van der Waals surface area contributed by atoms with E-state index in [4.69, 9.17) is 4.74 Å². The van der Waals surface area contributed by atoms with Crippen molar-refractivity contribution in [3.05, 3.63) is 53.1 Å². The van der Waals surface area contributed by atoms with Crippen molar-refractivity contribution in [2.45, 2.75) is 69.1 Å². The number of methoxy groups -OCH3 is 1. The van der Waals surface area contributed by atoms with Gasteiger partial charge in [-0.25, -0.2) is 17.9 Å². The smallest absolute Gasteiger partial charge is 0.343 e. The normalized spacial score (nSPS) is 11.9. The number of hydrogen-bond donors (Lipinski definition) is 1. The number of esters is 1. The second-order valence-electron chi connectivity index (χ2n) is 9.08. The molecular weight excluding hydrogens is 470 g/mol. The van der Waals surface area contributed by atoms with Crippen LogP contribution in [0.2, 0.25) is 0 Å². The zero-order chi connectivity index (χ0) is 25.5. The summed E-state index contributed by atoms with van der Waals surface area (Å²) in [4.78, 5) is 12.6. The molecule has 0 radical (unpaired) electrons. The molecule has 0 atom stereocenters. The Hall–Kier alpha value is -2.03. The highest BCUT2D eigenvalue weighted by Gasteiger charge is 2.26. The topological polar surface area (TPSA) is 81.7 Å². The average Bonchev–Trinajstić information content (AvgIpc) is 2.79. The highest BCUT2D eigenvalue weighted by molar-refractivity contribution is 7.99. The molecule has 6 nitrogen and oxygen atoms in total. The molecule has 0 fully saturated rings. The standard InChI is InChI=1S/C26H37NO5S2/c1-17(2)20-14-23(18(3)4)26(24(15-20)19(5)6)34(29,30)27-12-13-33-22-10-8-21(9-11-22)32-16-25(28)31-7/h8-11,14-15,17-19,27H,12-13,16H2,1-7H3. The van der Waals surface area contributed by atoms with Crippen LogP contribution in [-0.2, 0) is 19.6 Å². The van der Waals surface area contributed by atoms with Gasteiger partial charge >= 0.3 is 5.97 Å². The highest BCUT2D eigenvalue weighted by Crippen LogP contribution is 2.35. The Labute approximate surface area is 208 Å². The molecule has 0 aliphatic rings. The Morgan fingerprint density at radius 2 is 1.50 bits per heavy atom. The zero-order valence-corrected chi connectivity index (χ0v) is 22.8. The fourth-order valence-corrected chi connectivity index (χ4v) is 6.07. The minimum atomic E-state index is -3.66. The van der Waals surface area contributed by atoms with Crippen molar-refractivity contribution >= 4 is 27.8 Å². The van der Waals surface area contributed by atoms with Gasteiger partial charge in [-0.1, -0.05) is 53.7 Å². The number of nitrogens with one attached hydrogen (secondary N) is 1. The van der Waals surface area contributed by atoms with E-state index in [2.05, 4.69) is 23.3 Å². The largest absolute Gasteiger partial charge is 0.482 e. The molecule has 0 heterocycles. The molecule has 2 aromatic carbocycles. The molecule has 0 saturated carbocycles. The number of carbonyl (C=O) groups excluding carboxylic acids is 1. The van der Waals surface area contributed by atoms with E-state index in [0.29, 0.717) is 28.9 Å². The van der Waals surface area contributed by atoms with Gasteiger partial charge in [0.05, 0.1) is 12.0 Å². The van der Waals surface area contributed by atoms with Gasteiger partial charge in [0.15, 0.2) is 6.61 Å². The van der Waals surface area contributed by atoms with Crippen molar-refractivity contribution in [1.29, 1.82) is 0 Å². The Balaban J connectivity index is 2.09. The van der Waals surface area contributed by atoms with Gasteiger partial charge in [0, 0.05) is 17.2 Å². The minimum Gasteiger partial charge on any atom is -0.482 e. The summed E-state index contributed by atoms with van der Waals surface area (Å²) in [7, 11) is -2.35. The first-order valence-electron chi connectivity index (χ1n) is 11.6. The third-order valence-corrected chi connectivity index (χ3v) is 8.03. The van der Waals surface area contributed by atoms with Crippen LogP contribution in [0.5, 0.6) is 5.75 Å². The number of rotatable bonds is 12. The molecule has 2 rings (SSSR count). The number of carbonyl (C=O) groups is 1. The van der Waals surface area contributed by atoms with Crippen LogP contribution >= 0.6 is 11.8 Å². The van der Waals surface area contributed by atoms with Gasteiger partial charge in [-0.15, -0.1) is 11.8 Å². The van der Waals surface area contributed by atoms with E-state index in [-0.39, 0.29) is 18.4 Å². The molecule has 0 aliphatic carbocycles. The fourth-order valence-electron chi connectivity index (χ4n) is 3.45. The van der Waals surface area contributed by atoms with Gasteiger partial charge in [-0.2, -0.15) is 0 Å². The molecule has 34 heavy (non-hydrogen) atoms. The van der Waals surface area contributed by atoms with Crippen molar-refractivity contribution in [2.75, 3.05) is 26.0 Å². The summed E-state index contributed by atoms with van der Waals surface area (Å²) in [6, 6.07) is 11.4. The van der Waals surface area contributed by atoms with Crippen molar-refractivity contribution in [3.63, 3.8) is 0 Å². The first-order chi connectivity index (χ1) is 16.0. The Morgan fingerprint density at radius 3 is 1.97 bits per heavy atom. The Morgan fingerprint density at radius 1 is 0.941 bits per heavy atom. The summed E-state index contributed by atoms with van der Waals surface area (Å²) >= 11 is 1.55. The molecule has 0 aromatic heterocycles. The maximum absolute atomic E-state index is 13.4. The van der Waals surface area contributed by atoms with Gasteiger partial charge in [0.1, 0.15) is 5.75 Å². The van der Waals surface area contributed by atoms with Crippen molar-refractivity contribution < 1.29 is 22.7 Å². The van der Waals surface area contributed by atoms with E-state index in [1.165, 1.54) is 12.7 Å². The number of ether oxygens (including phenoxy) is 2. The first-order valence-corrected chi connectivity index (χ1v) is 14.0. The van der Waals surface area contributed by atoms with Crippen molar-refractivity contribution in [1.82, 2.24) is 4.72 Å². The molecule has 0 bridgehead atoms. The van der Waals surface area contributed by atoms with E-state index in [1.807, 2.05) is 52.0 Å². The van der Waals surface area contributed by atoms with Crippen LogP contribution in [-0.4, -0.2) is 40.4 Å². The van der Waals surface area contributed by atoms with Gasteiger partial charge in [0.2, 0.25) is 10.0 Å². The fraction of sp³-hybridized carbons (Fsp3) is 0.500. The molecule has 2 aromatic rings. The number of hydrogen-bond acceptors (Lipinski definition) is 6. The number of benzene rings is 2. The summed E-state index contributed by atoms with van der Waals surface area (Å²) in [5.41, 5.74) is 2.91. The molecule has 8 heteroatoms. The molecule has 0 saturated heterocycles. The molecule has 0 aliphatic heterocycles. The summed E-state index contributed by atoms with van der Waals surface area (Å²) in [5.74, 6) is 1.23. The third kappa shape index (κ3) is 7.75. The van der Waals surface area contributed by atoms with Gasteiger partial charge in [-0.3, -0.25) is 0 Å². The van der Waals surface area contributed by atoms with Gasteiger partial charge in [0.25, 0.3) is 0 Å². The van der Waals surface area contributed by atoms with E-state index in [9.17, 15) is 13.2 Å². The van der Waals surface area contributed by atoms with E-state index < -0.39 is 16.0 Å². The van der Waals surface area contributed by atoms with Crippen LogP contribution in [0.25, 0.3) is 0 Å². The Bertz CT molecular complexity index is 1030. The van der Waals surface area contributed by atoms with Gasteiger partial charge in [-0.05, 0) is 58.7 Å². The molecule has 1 N–H and O–H groups in total. The third-order valence-electron chi connectivity index (χ3n) is 5.42. The first kappa shape index (κ1) is 28.2. The number of thioether (sulfide) groups is 1. The highest BCUT2D eigenvalue weighted by atomic mass is 32.2. The van der Waals surface area contributed by atoms with Crippen LogP contribution in [0, 0.1) is 0 Å². The van der Waals surface area contributed by atoms with Crippen LogP contribution in [0.4, 0.5) is 0 Å². The van der Waals surface area contributed by atoms with E-state index in [0.717, 1.165) is 16.0 Å². The Kier molecular flexibility index (Phi) is 10.5. The second kappa shape index (κ2) is 12.6. The molecule has 188 valence electrons. The summed E-state index contributed by atoms with van der Waals surface area (Å²) in [5, 5.41) is 0. The molecule has 0 amide bonds. The zero-order valence-electron chi connectivity index (χ0n) is 21.2. The number of sulfonamides is 1. The van der Waals surface area contributed by atoms with Crippen molar-refractivity contribution in [3.8, 4) is 5.75 Å². The van der Waals surface area contributed by atoms with Crippen LogP contribution in [0.3, 0.4) is 0 Å². The summed E-state index contributed by atoms with van der Waals surface area (Å²) < 4.78 is 39.5. The lowest BCUT2D eigenvalue weighted by Crippen LogP contribution is -2.28. The molecule has 0 spiro atoms. The summed E-state index contributed by atoms with van der Waals surface area (Å²) in [6.07, 6.45) is 0. The predicted molar refractivity (Wildman–Crippen MR) is 139 cm³/mol. The average molecular weight is 508 g/mol. The molecular formula is C26H37NO5S2. The summed E-state index contributed by atoms with van der Waals surface area (Å²) in [6.45, 7) is 12.6. The maximum atomic E-state index is 13.4. The van der Waals surface area contributed by atoms with E-state index >= 15 is 0 Å². The van der Waals surface area contributed by atoms with Crippen LogP contribution in [0.15, 0.2) is 46.2 Å².